The van der Waals surface area contributed by atoms with E-state index in [9.17, 15) is 14.0 Å². The second-order valence-corrected chi connectivity index (χ2v) is 8.28. The molecule has 0 unspecified atom stereocenters. The fourth-order valence-electron chi connectivity index (χ4n) is 2.38. The lowest BCUT2D eigenvalue weighted by molar-refractivity contribution is -0.117. The molecule has 29 heavy (non-hydrogen) atoms. The van der Waals surface area contributed by atoms with Crippen molar-refractivity contribution in [3.63, 3.8) is 0 Å². The third-order valence-corrected chi connectivity index (χ3v) is 4.44. The van der Waals surface area contributed by atoms with E-state index in [2.05, 4.69) is 16.0 Å². The van der Waals surface area contributed by atoms with Gasteiger partial charge in [0.05, 0.1) is 11.4 Å². The molecule has 2 aromatic carbocycles. The zero-order valence-corrected chi connectivity index (χ0v) is 17.9. The molecular formula is C21H26FN3O3S. The second-order valence-electron chi connectivity index (χ2n) is 7.40. The number of halogens is 1. The van der Waals surface area contributed by atoms with Crippen molar-refractivity contribution in [1.29, 1.82) is 0 Å². The third kappa shape index (κ3) is 7.30. The average Bonchev–Trinajstić information content (AvgIpc) is 2.62. The lowest BCUT2D eigenvalue weighted by atomic mass is 10.2. The molecule has 0 spiro atoms. The number of ether oxygens (including phenoxy) is 1. The third-order valence-electron chi connectivity index (χ3n) is 3.71. The number of anilines is 3. The van der Waals surface area contributed by atoms with E-state index in [0.29, 0.717) is 5.69 Å². The zero-order chi connectivity index (χ0) is 21.6. The Morgan fingerprint density at radius 2 is 1.83 bits per heavy atom. The number of hydrogen-bond donors (Lipinski definition) is 3. The Bertz CT molecular complexity index is 884. The number of carbonyl (C=O) groups excluding carboxylic acids is 2. The molecule has 0 fully saturated rings. The van der Waals surface area contributed by atoms with Crippen LogP contribution >= 0.6 is 11.8 Å². The number of hydrogen-bond acceptors (Lipinski definition) is 5. The molecule has 0 heterocycles. The van der Waals surface area contributed by atoms with Crippen molar-refractivity contribution < 1.29 is 18.7 Å². The first-order valence-electron chi connectivity index (χ1n) is 9.08. The lowest BCUT2D eigenvalue weighted by Gasteiger charge is -2.22. The number of alkyl carbamates (subject to hydrolysis) is 1. The highest BCUT2D eigenvalue weighted by Crippen LogP contribution is 2.28. The molecule has 0 aliphatic carbocycles. The van der Waals surface area contributed by atoms with Crippen LogP contribution in [0.4, 0.5) is 26.2 Å². The number of rotatable bonds is 6. The van der Waals surface area contributed by atoms with Crippen LogP contribution in [0, 0.1) is 5.82 Å². The van der Waals surface area contributed by atoms with Gasteiger partial charge in [-0.2, -0.15) is 0 Å². The highest BCUT2D eigenvalue weighted by molar-refractivity contribution is 7.98. The van der Waals surface area contributed by atoms with Crippen molar-refractivity contribution in [3.8, 4) is 0 Å². The predicted molar refractivity (Wildman–Crippen MR) is 115 cm³/mol. The van der Waals surface area contributed by atoms with Crippen LogP contribution in [-0.2, 0) is 9.53 Å². The van der Waals surface area contributed by atoms with E-state index < -0.39 is 29.5 Å². The molecule has 2 amide bonds. The molecule has 1 atom stereocenters. The normalized spacial score (nSPS) is 12.1. The molecule has 2 aromatic rings. The van der Waals surface area contributed by atoms with Crippen LogP contribution in [-0.4, -0.2) is 29.9 Å². The zero-order valence-electron chi connectivity index (χ0n) is 17.1. The second kappa shape index (κ2) is 9.65. The molecule has 0 saturated carbocycles. The van der Waals surface area contributed by atoms with Gasteiger partial charge in [0.15, 0.2) is 0 Å². The SMILES string of the molecule is CSc1cccc(Nc2ccc(F)cc2NC(=O)[C@H](C)NC(=O)OC(C)(C)C)c1. The van der Waals surface area contributed by atoms with E-state index in [-0.39, 0.29) is 5.69 Å². The molecule has 3 N–H and O–H groups in total. The predicted octanol–water partition coefficient (Wildman–Crippen LogP) is 5.14. The number of thioether (sulfide) groups is 1. The quantitative estimate of drug-likeness (QED) is 0.565. The van der Waals surface area contributed by atoms with Crippen molar-refractivity contribution in [2.24, 2.45) is 0 Å². The summed E-state index contributed by atoms with van der Waals surface area (Å²) in [4.78, 5) is 25.4. The largest absolute Gasteiger partial charge is 0.444 e. The van der Waals surface area contributed by atoms with Crippen LogP contribution in [0.1, 0.15) is 27.7 Å². The fourth-order valence-corrected chi connectivity index (χ4v) is 2.84. The van der Waals surface area contributed by atoms with Crippen LogP contribution in [0.15, 0.2) is 47.4 Å². The Morgan fingerprint density at radius 1 is 1.10 bits per heavy atom. The number of amides is 2. The van der Waals surface area contributed by atoms with E-state index in [0.717, 1.165) is 10.6 Å². The van der Waals surface area contributed by atoms with Gasteiger partial charge in [-0.3, -0.25) is 4.79 Å². The maximum Gasteiger partial charge on any atom is 0.408 e. The Hall–Kier alpha value is -2.74. The van der Waals surface area contributed by atoms with Gasteiger partial charge in [-0.1, -0.05) is 6.07 Å². The number of nitrogens with one attached hydrogen (secondary N) is 3. The van der Waals surface area contributed by atoms with Crippen LogP contribution in [0.3, 0.4) is 0 Å². The van der Waals surface area contributed by atoms with E-state index in [1.54, 1.807) is 38.6 Å². The molecule has 0 bridgehead atoms. The van der Waals surface area contributed by atoms with Crippen LogP contribution in [0.25, 0.3) is 0 Å². The van der Waals surface area contributed by atoms with Gasteiger partial charge >= 0.3 is 6.09 Å². The molecule has 0 aliphatic rings. The molecule has 0 aromatic heterocycles. The van der Waals surface area contributed by atoms with Gasteiger partial charge < -0.3 is 20.7 Å². The maximum atomic E-state index is 13.8. The van der Waals surface area contributed by atoms with E-state index in [4.69, 9.17) is 4.74 Å². The molecule has 6 nitrogen and oxygen atoms in total. The van der Waals surface area contributed by atoms with Gasteiger partial charge in [-0.05, 0) is 70.3 Å². The van der Waals surface area contributed by atoms with Gasteiger partial charge in [-0.25, -0.2) is 9.18 Å². The minimum Gasteiger partial charge on any atom is -0.444 e. The van der Waals surface area contributed by atoms with Crippen molar-refractivity contribution in [2.75, 3.05) is 16.9 Å². The Labute approximate surface area is 174 Å². The van der Waals surface area contributed by atoms with E-state index in [1.165, 1.54) is 19.1 Å². The number of carbonyl (C=O) groups is 2. The van der Waals surface area contributed by atoms with Crippen LogP contribution in [0.2, 0.25) is 0 Å². The Morgan fingerprint density at radius 3 is 2.48 bits per heavy atom. The topological polar surface area (TPSA) is 79.5 Å². The summed E-state index contributed by atoms with van der Waals surface area (Å²) < 4.78 is 18.9. The van der Waals surface area contributed by atoms with E-state index in [1.807, 2.05) is 30.5 Å². The molecule has 0 aliphatic heterocycles. The molecule has 8 heteroatoms. The van der Waals surface area contributed by atoms with Gasteiger partial charge in [-0.15, -0.1) is 11.8 Å². The molecule has 156 valence electrons. The summed E-state index contributed by atoms with van der Waals surface area (Å²) in [7, 11) is 0. The van der Waals surface area contributed by atoms with Crippen molar-refractivity contribution in [3.05, 3.63) is 48.3 Å². The lowest BCUT2D eigenvalue weighted by Crippen LogP contribution is -2.44. The Kier molecular flexibility index (Phi) is 7.50. The van der Waals surface area contributed by atoms with Crippen molar-refractivity contribution in [2.45, 2.75) is 44.2 Å². The molecule has 0 radical (unpaired) electrons. The standard InChI is InChI=1S/C21H26FN3O3S/c1-13(23-20(27)28-21(2,3)4)19(26)25-18-11-14(22)9-10-17(18)24-15-7-6-8-16(12-15)29-5/h6-13,24H,1-5H3,(H,23,27)(H,25,26)/t13-/m0/s1. The highest BCUT2D eigenvalue weighted by Gasteiger charge is 2.21. The van der Waals surface area contributed by atoms with Gasteiger partial charge in [0.1, 0.15) is 17.5 Å². The molecule has 0 saturated heterocycles. The van der Waals surface area contributed by atoms with Crippen molar-refractivity contribution >= 4 is 40.8 Å². The van der Waals surface area contributed by atoms with E-state index >= 15 is 0 Å². The first-order chi connectivity index (χ1) is 13.6. The van der Waals surface area contributed by atoms with Gasteiger partial charge in [0.25, 0.3) is 0 Å². The molecule has 2 rings (SSSR count). The minimum absolute atomic E-state index is 0.266. The average molecular weight is 420 g/mol. The van der Waals surface area contributed by atoms with Gasteiger partial charge in [0, 0.05) is 10.6 Å². The summed E-state index contributed by atoms with van der Waals surface area (Å²) in [6, 6.07) is 10.9. The monoisotopic (exact) mass is 419 g/mol. The minimum atomic E-state index is -0.874. The fraction of sp³-hybridized carbons (Fsp3) is 0.333. The first-order valence-corrected chi connectivity index (χ1v) is 10.3. The summed E-state index contributed by atoms with van der Waals surface area (Å²) in [5, 5.41) is 8.30. The molecular weight excluding hydrogens is 393 g/mol. The Balaban J connectivity index is 2.12. The summed E-state index contributed by atoms with van der Waals surface area (Å²) >= 11 is 1.60. The number of benzene rings is 2. The summed E-state index contributed by atoms with van der Waals surface area (Å²) in [5.41, 5.74) is 0.925. The van der Waals surface area contributed by atoms with Gasteiger partial charge in [0.2, 0.25) is 5.91 Å². The smallest absolute Gasteiger partial charge is 0.408 e. The maximum absolute atomic E-state index is 13.8. The first kappa shape index (κ1) is 22.5. The highest BCUT2D eigenvalue weighted by atomic mass is 32.2. The van der Waals surface area contributed by atoms with Crippen LogP contribution in [0.5, 0.6) is 0 Å². The summed E-state index contributed by atoms with van der Waals surface area (Å²) in [6.45, 7) is 6.71. The summed E-state index contributed by atoms with van der Waals surface area (Å²) in [6.07, 6.45) is 1.27. The summed E-state index contributed by atoms with van der Waals surface area (Å²) in [5.74, 6) is -0.987. The van der Waals surface area contributed by atoms with Crippen molar-refractivity contribution in [1.82, 2.24) is 5.32 Å². The van der Waals surface area contributed by atoms with Crippen LogP contribution < -0.4 is 16.0 Å².